The van der Waals surface area contributed by atoms with Crippen molar-refractivity contribution in [2.45, 2.75) is 64.3 Å². The molecule has 0 heterocycles. The van der Waals surface area contributed by atoms with E-state index >= 15 is 0 Å². The lowest BCUT2D eigenvalue weighted by molar-refractivity contribution is -0.124. The molecule has 4 nitrogen and oxygen atoms in total. The number of nitrogens with two attached hydrogens (primary N) is 1. The van der Waals surface area contributed by atoms with Crippen LogP contribution in [0.1, 0.15) is 57.9 Å². The van der Waals surface area contributed by atoms with Crippen LogP contribution in [-0.4, -0.2) is 29.6 Å². The number of benzene rings is 1. The number of rotatable bonds is 12. The van der Waals surface area contributed by atoms with Gasteiger partial charge in [0.05, 0.1) is 18.8 Å². The molecule has 0 spiro atoms. The fourth-order valence-electron chi connectivity index (χ4n) is 2.25. The molecule has 23 heavy (non-hydrogen) atoms. The van der Waals surface area contributed by atoms with Crippen LogP contribution in [0.2, 0.25) is 0 Å². The first-order valence-corrected chi connectivity index (χ1v) is 8.64. The number of ketones is 1. The molecule has 1 aromatic carbocycles. The van der Waals surface area contributed by atoms with Crippen LogP contribution in [-0.2, 0) is 11.2 Å². The zero-order valence-corrected chi connectivity index (χ0v) is 14.5. The normalized spacial score (nSPS) is 13.6. The Balaban J connectivity index is 2.29. The summed E-state index contributed by atoms with van der Waals surface area (Å²) in [6, 6.07) is 7.52. The van der Waals surface area contributed by atoms with Gasteiger partial charge in [0.2, 0.25) is 0 Å². The number of ether oxygens (including phenoxy) is 1. The van der Waals surface area contributed by atoms with Gasteiger partial charge in [0.15, 0.2) is 5.78 Å². The number of hydrogen-bond donors (Lipinski definition) is 2. The maximum atomic E-state index is 12.0. The summed E-state index contributed by atoms with van der Waals surface area (Å²) < 4.78 is 5.71. The summed E-state index contributed by atoms with van der Waals surface area (Å²) in [5, 5.41) is 9.11. The smallest absolute Gasteiger partial charge is 0.159 e. The highest BCUT2D eigenvalue weighted by atomic mass is 16.5. The van der Waals surface area contributed by atoms with Crippen LogP contribution in [0.5, 0.6) is 5.75 Å². The second kappa shape index (κ2) is 10.4. The molecule has 0 fully saturated rings. The summed E-state index contributed by atoms with van der Waals surface area (Å²) in [5.74, 6) is 0.660. The molecule has 1 aromatic rings. The van der Waals surface area contributed by atoms with E-state index in [1.165, 1.54) is 32.1 Å². The van der Waals surface area contributed by atoms with E-state index < -0.39 is 5.54 Å². The third-order valence-corrected chi connectivity index (χ3v) is 4.02. The van der Waals surface area contributed by atoms with Crippen molar-refractivity contribution in [3.05, 3.63) is 29.8 Å². The Hall–Kier alpha value is -1.39. The largest absolute Gasteiger partial charge is 0.494 e. The molecule has 0 saturated heterocycles. The van der Waals surface area contributed by atoms with Crippen LogP contribution in [0.25, 0.3) is 0 Å². The van der Waals surface area contributed by atoms with Crippen LogP contribution < -0.4 is 10.5 Å². The van der Waals surface area contributed by atoms with Crippen molar-refractivity contribution in [2.75, 3.05) is 13.2 Å². The molecule has 0 aliphatic carbocycles. The number of aliphatic hydroxyl groups excluding tert-OH is 1. The highest BCUT2D eigenvalue weighted by molar-refractivity contribution is 5.89. The third-order valence-electron chi connectivity index (χ3n) is 4.02. The Bertz CT molecular complexity index is 454. The molecule has 130 valence electrons. The molecule has 0 saturated carbocycles. The van der Waals surface area contributed by atoms with Crippen molar-refractivity contribution in [3.8, 4) is 5.75 Å². The Morgan fingerprint density at radius 3 is 2.35 bits per heavy atom. The summed E-state index contributed by atoms with van der Waals surface area (Å²) in [5.41, 5.74) is 5.45. The van der Waals surface area contributed by atoms with Gasteiger partial charge in [-0.2, -0.15) is 0 Å². The standard InChI is InChI=1S/C19H31NO3/c1-3-4-5-6-7-8-13-23-17-11-9-16(10-12-17)14-18(22)19(2,20)15-21/h9-12,21H,3-8,13-15,20H2,1-2H3/t19-/m0/s1. The quantitative estimate of drug-likeness (QED) is 0.580. The van der Waals surface area contributed by atoms with Crippen molar-refractivity contribution < 1.29 is 14.6 Å². The molecule has 0 radical (unpaired) electrons. The molecule has 0 aromatic heterocycles. The first kappa shape index (κ1) is 19.7. The molecule has 0 amide bonds. The summed E-state index contributed by atoms with van der Waals surface area (Å²) in [7, 11) is 0. The first-order valence-electron chi connectivity index (χ1n) is 8.64. The summed E-state index contributed by atoms with van der Waals surface area (Å²) in [6.45, 7) is 4.16. The minimum absolute atomic E-state index is 0.166. The lowest BCUT2D eigenvalue weighted by atomic mass is 9.93. The number of aliphatic hydroxyl groups is 1. The predicted molar refractivity (Wildman–Crippen MR) is 93.7 cm³/mol. The summed E-state index contributed by atoms with van der Waals surface area (Å²) >= 11 is 0. The van der Waals surface area contributed by atoms with Crippen molar-refractivity contribution in [1.82, 2.24) is 0 Å². The molecule has 0 unspecified atom stereocenters. The van der Waals surface area contributed by atoms with Crippen molar-refractivity contribution >= 4 is 5.78 Å². The molecule has 1 atom stereocenters. The van der Waals surface area contributed by atoms with Crippen LogP contribution in [0.4, 0.5) is 0 Å². The molecular formula is C19H31NO3. The van der Waals surface area contributed by atoms with Gasteiger partial charge in [0, 0.05) is 6.42 Å². The van der Waals surface area contributed by atoms with Gasteiger partial charge in [-0.15, -0.1) is 0 Å². The van der Waals surface area contributed by atoms with E-state index in [4.69, 9.17) is 15.6 Å². The molecule has 0 aliphatic heterocycles. The number of unbranched alkanes of at least 4 members (excludes halogenated alkanes) is 5. The van der Waals surface area contributed by atoms with Gasteiger partial charge >= 0.3 is 0 Å². The van der Waals surface area contributed by atoms with Gasteiger partial charge in [-0.05, 0) is 31.0 Å². The van der Waals surface area contributed by atoms with E-state index in [0.717, 1.165) is 24.3 Å². The first-order chi connectivity index (χ1) is 11.0. The van der Waals surface area contributed by atoms with E-state index in [9.17, 15) is 4.79 Å². The maximum absolute atomic E-state index is 12.0. The van der Waals surface area contributed by atoms with Crippen LogP contribution in [0, 0.1) is 0 Å². The Morgan fingerprint density at radius 2 is 1.74 bits per heavy atom. The third kappa shape index (κ3) is 7.62. The predicted octanol–water partition coefficient (Wildman–Crippen LogP) is 3.25. The van der Waals surface area contributed by atoms with E-state index in [0.29, 0.717) is 0 Å². The highest BCUT2D eigenvalue weighted by Crippen LogP contribution is 2.15. The number of hydrogen-bond acceptors (Lipinski definition) is 4. The SMILES string of the molecule is CCCCCCCCOc1ccc(CC(=O)[C@@](C)(N)CO)cc1. The number of carbonyl (C=O) groups is 1. The molecular weight excluding hydrogens is 290 g/mol. The minimum Gasteiger partial charge on any atom is -0.494 e. The minimum atomic E-state index is -1.17. The van der Waals surface area contributed by atoms with Crippen molar-refractivity contribution in [1.29, 1.82) is 0 Å². The fourth-order valence-corrected chi connectivity index (χ4v) is 2.25. The molecule has 3 N–H and O–H groups in total. The zero-order valence-electron chi connectivity index (χ0n) is 14.5. The second-order valence-corrected chi connectivity index (χ2v) is 6.44. The lowest BCUT2D eigenvalue weighted by Gasteiger charge is -2.19. The van der Waals surface area contributed by atoms with Gasteiger partial charge in [-0.1, -0.05) is 51.2 Å². The van der Waals surface area contributed by atoms with E-state index in [-0.39, 0.29) is 18.8 Å². The Morgan fingerprint density at radius 1 is 1.13 bits per heavy atom. The summed E-state index contributed by atoms with van der Waals surface area (Å²) in [4.78, 5) is 12.0. The average Bonchev–Trinajstić information content (AvgIpc) is 2.55. The zero-order chi connectivity index (χ0) is 17.1. The highest BCUT2D eigenvalue weighted by Gasteiger charge is 2.26. The van der Waals surface area contributed by atoms with Gasteiger partial charge in [0.25, 0.3) is 0 Å². The van der Waals surface area contributed by atoms with E-state index in [2.05, 4.69) is 6.92 Å². The average molecular weight is 321 g/mol. The Labute approximate surface area is 140 Å². The van der Waals surface area contributed by atoms with E-state index in [1.807, 2.05) is 24.3 Å². The van der Waals surface area contributed by atoms with Gasteiger partial charge in [-0.25, -0.2) is 0 Å². The lowest BCUT2D eigenvalue weighted by Crippen LogP contribution is -2.49. The molecule has 0 aliphatic rings. The second-order valence-electron chi connectivity index (χ2n) is 6.44. The fraction of sp³-hybridized carbons (Fsp3) is 0.632. The van der Waals surface area contributed by atoms with Gasteiger partial charge in [0.1, 0.15) is 5.75 Å². The monoisotopic (exact) mass is 321 g/mol. The number of Topliss-reactive ketones (excluding diaryl/α,β-unsaturated/α-hetero) is 1. The van der Waals surface area contributed by atoms with Crippen molar-refractivity contribution in [2.24, 2.45) is 5.73 Å². The van der Waals surface area contributed by atoms with Crippen LogP contribution in [0.3, 0.4) is 0 Å². The number of carbonyl (C=O) groups excluding carboxylic acids is 1. The van der Waals surface area contributed by atoms with Gasteiger partial charge in [-0.3, -0.25) is 4.79 Å². The molecule has 0 bridgehead atoms. The van der Waals surface area contributed by atoms with Crippen LogP contribution in [0.15, 0.2) is 24.3 Å². The Kier molecular flexibility index (Phi) is 8.89. The summed E-state index contributed by atoms with van der Waals surface area (Å²) in [6.07, 6.45) is 7.69. The topological polar surface area (TPSA) is 72.5 Å². The molecule has 4 heteroatoms. The molecule has 1 rings (SSSR count). The van der Waals surface area contributed by atoms with E-state index in [1.54, 1.807) is 6.92 Å². The van der Waals surface area contributed by atoms with Gasteiger partial charge < -0.3 is 15.6 Å². The maximum Gasteiger partial charge on any atom is 0.159 e. The van der Waals surface area contributed by atoms with Crippen LogP contribution >= 0.6 is 0 Å². The van der Waals surface area contributed by atoms with Crippen molar-refractivity contribution in [3.63, 3.8) is 0 Å².